The Balaban J connectivity index is 0.881. The summed E-state index contributed by atoms with van der Waals surface area (Å²) in [6.07, 6.45) is 0. The topological polar surface area (TPSA) is 25.4 Å². The van der Waals surface area contributed by atoms with Gasteiger partial charge >= 0.3 is 0 Å². The molecule has 0 aliphatic carbocycles. The second-order valence-corrected chi connectivity index (χ2v) is 29.9. The van der Waals surface area contributed by atoms with Crippen LogP contribution in [0.4, 0.5) is 85.3 Å². The third-order valence-corrected chi connectivity index (χ3v) is 24.4. The van der Waals surface area contributed by atoms with Crippen molar-refractivity contribution >= 4 is 195 Å². The number of hydrogen-bond acceptors (Lipinski definition) is 8. The van der Waals surface area contributed by atoms with Gasteiger partial charge in [0.2, 0.25) is 0 Å². The number of para-hydroxylation sites is 7. The Bertz CT molecular complexity index is 6500. The van der Waals surface area contributed by atoms with E-state index in [-0.39, 0.29) is 13.4 Å². The maximum atomic E-state index is 7.50. The Morgan fingerprint density at radius 3 is 1.25 bits per heavy atom. The van der Waals surface area contributed by atoms with Crippen molar-refractivity contribution in [2.45, 2.75) is 0 Å². The van der Waals surface area contributed by atoms with E-state index in [2.05, 4.69) is 395 Å². The minimum atomic E-state index is -0.258. The molecule has 22 rings (SSSR count). The van der Waals surface area contributed by atoms with Gasteiger partial charge in [0.15, 0.2) is 0 Å². The van der Waals surface area contributed by atoms with Gasteiger partial charge in [0.1, 0.15) is 11.5 Å². The number of rotatable bonds is 11. The zero-order valence-corrected chi connectivity index (χ0v) is 59.0. The van der Waals surface area contributed by atoms with Crippen molar-refractivity contribution in [3.05, 3.63) is 370 Å². The van der Waals surface area contributed by atoms with Gasteiger partial charge in [0.25, 0.3) is 13.4 Å². The summed E-state index contributed by atoms with van der Waals surface area (Å²) in [5.74, 6) is 1.67. The molecular formula is C96H61B2N5OS2. The summed E-state index contributed by atoms with van der Waals surface area (Å²) in [7, 11) is 0. The van der Waals surface area contributed by atoms with Crippen LogP contribution in [0.15, 0.2) is 370 Å². The van der Waals surface area contributed by atoms with Crippen LogP contribution in [0.3, 0.4) is 0 Å². The molecule has 0 bridgehead atoms. The minimum Gasteiger partial charge on any atom is -0.458 e. The summed E-state index contributed by atoms with van der Waals surface area (Å²) in [4.78, 5) is 12.8. The van der Waals surface area contributed by atoms with Crippen molar-refractivity contribution in [1.82, 2.24) is 0 Å². The van der Waals surface area contributed by atoms with Crippen LogP contribution in [0, 0.1) is 0 Å². The number of ether oxygens (including phenoxy) is 1. The molecule has 0 spiro atoms. The third kappa shape index (κ3) is 9.31. The highest BCUT2D eigenvalue weighted by Gasteiger charge is 2.49. The van der Waals surface area contributed by atoms with Crippen LogP contribution in [0.2, 0.25) is 0 Å². The number of benzene rings is 16. The average molecular weight is 1390 g/mol. The standard InChI is InChI=1S/C96H61B2N5OS2/c1-7-30-62(31-8-1)70-44-27-45-71(63-32-9-2-10-33-63)94(70)103-84-61-83-78(98-77-49-22-24-53-88(77)104-89-59-69(58-87(93(89)98)102(83)67-40-17-6-18-41-67)100(65-36-13-4-14-37-65)82-52-29-47-75-73-43-20-26-55-91(73)106-96(75)82)60-79(84)97-76-48-21-23-50-80(76)101(66-38-15-5-16-39-66)85-56-68(57-86(103)92(85)97)99(64-34-11-3-12-35-64)81-51-28-46-74-72-42-19-25-54-90(72)105-95(74)81/h1-61H. The summed E-state index contributed by atoms with van der Waals surface area (Å²) >= 11 is 3.71. The molecule has 2 aromatic heterocycles. The van der Waals surface area contributed by atoms with Crippen LogP contribution in [-0.4, -0.2) is 13.4 Å². The van der Waals surface area contributed by atoms with Crippen LogP contribution in [0.25, 0.3) is 62.6 Å². The van der Waals surface area contributed by atoms with E-state index in [9.17, 15) is 0 Å². The summed E-state index contributed by atoms with van der Waals surface area (Å²) in [6, 6.07) is 137. The smallest absolute Gasteiger partial charge is 0.256 e. The van der Waals surface area contributed by atoms with E-state index in [0.29, 0.717) is 0 Å². The molecule has 0 radical (unpaired) electrons. The average Bonchev–Trinajstić information content (AvgIpc) is 0.988. The fraction of sp³-hybridized carbons (Fsp3) is 0. The summed E-state index contributed by atoms with van der Waals surface area (Å²) in [6.45, 7) is -0.504. The second-order valence-electron chi connectivity index (χ2n) is 27.8. The van der Waals surface area contributed by atoms with Crippen molar-refractivity contribution in [3.63, 3.8) is 0 Å². The first kappa shape index (κ1) is 60.5. The van der Waals surface area contributed by atoms with Crippen LogP contribution in [-0.2, 0) is 0 Å². The number of thiophene rings is 2. The van der Waals surface area contributed by atoms with Gasteiger partial charge in [0, 0.05) is 105 Å². The van der Waals surface area contributed by atoms with Crippen molar-refractivity contribution in [2.24, 2.45) is 0 Å². The minimum absolute atomic E-state index is 0.246. The molecule has 494 valence electrons. The maximum absolute atomic E-state index is 7.50. The van der Waals surface area contributed by atoms with Crippen LogP contribution < -0.4 is 62.0 Å². The SMILES string of the molecule is c1ccc(-c2cccc(-c3ccccc3)c2N2c3cc4c(cc3B3c5ccccc5N(c5ccccc5)c5cc(N(c6ccccc6)c6cccc7c6sc6ccccc67)cc2c53)B2c3ccccc3Oc3cc(N(c5ccccc5)c5cccc6c5sc5ccccc56)cc(c32)N4c2ccccc2)cc1. The van der Waals surface area contributed by atoms with Crippen LogP contribution in [0.1, 0.15) is 0 Å². The lowest BCUT2D eigenvalue weighted by atomic mass is 9.30. The normalized spacial score (nSPS) is 12.9. The fourth-order valence-electron chi connectivity index (χ4n) is 17.6. The Labute approximate surface area is 623 Å². The highest BCUT2D eigenvalue weighted by molar-refractivity contribution is 7.27. The molecule has 0 amide bonds. The first-order valence-corrected chi connectivity index (χ1v) is 37.9. The van der Waals surface area contributed by atoms with Crippen molar-refractivity contribution in [3.8, 4) is 33.8 Å². The fourth-order valence-corrected chi connectivity index (χ4v) is 20.0. The maximum Gasteiger partial charge on any atom is 0.256 e. The van der Waals surface area contributed by atoms with Gasteiger partial charge in [-0.1, -0.05) is 255 Å². The van der Waals surface area contributed by atoms with Gasteiger partial charge in [0.05, 0.1) is 37.8 Å². The zero-order valence-electron chi connectivity index (χ0n) is 57.3. The first-order chi connectivity index (χ1) is 52.6. The molecule has 18 aromatic rings. The molecule has 0 fully saturated rings. The third-order valence-electron chi connectivity index (χ3n) is 22.0. The number of nitrogens with zero attached hydrogens (tertiary/aromatic N) is 5. The summed E-state index contributed by atoms with van der Waals surface area (Å²) in [5, 5.41) is 4.98. The molecule has 6 heterocycles. The Kier molecular flexibility index (Phi) is 13.8. The highest BCUT2D eigenvalue weighted by atomic mass is 32.1. The van der Waals surface area contributed by atoms with Gasteiger partial charge in [-0.05, 0) is 153 Å². The quantitative estimate of drug-likeness (QED) is 0.120. The van der Waals surface area contributed by atoms with Gasteiger partial charge in [-0.2, -0.15) is 0 Å². The van der Waals surface area contributed by atoms with E-state index in [4.69, 9.17) is 4.74 Å². The molecule has 4 aliphatic heterocycles. The monoisotopic (exact) mass is 1390 g/mol. The van der Waals surface area contributed by atoms with Crippen LogP contribution in [0.5, 0.6) is 11.5 Å². The van der Waals surface area contributed by atoms with E-state index in [1.54, 1.807) is 0 Å². The van der Waals surface area contributed by atoms with Crippen molar-refractivity contribution in [1.29, 1.82) is 0 Å². The summed E-state index contributed by atoms with van der Waals surface area (Å²) in [5.41, 5.74) is 27.7. The predicted octanol–water partition coefficient (Wildman–Crippen LogP) is 23.2. The van der Waals surface area contributed by atoms with E-state index in [1.165, 1.54) is 62.2 Å². The van der Waals surface area contributed by atoms with E-state index >= 15 is 0 Å². The van der Waals surface area contributed by atoms with Crippen molar-refractivity contribution < 1.29 is 4.74 Å². The largest absolute Gasteiger partial charge is 0.458 e. The summed E-state index contributed by atoms with van der Waals surface area (Å²) < 4.78 is 12.5. The molecule has 0 saturated carbocycles. The lowest BCUT2D eigenvalue weighted by Gasteiger charge is -2.47. The molecule has 0 N–H and O–H groups in total. The van der Waals surface area contributed by atoms with Gasteiger partial charge in [-0.3, -0.25) is 0 Å². The van der Waals surface area contributed by atoms with Gasteiger partial charge < -0.3 is 29.2 Å². The van der Waals surface area contributed by atoms with Gasteiger partial charge in [-0.15, -0.1) is 22.7 Å². The molecular weight excluding hydrogens is 1320 g/mol. The predicted molar refractivity (Wildman–Crippen MR) is 452 cm³/mol. The number of fused-ring (bicyclic) bond motifs is 14. The lowest BCUT2D eigenvalue weighted by molar-refractivity contribution is 0.487. The van der Waals surface area contributed by atoms with Crippen LogP contribution >= 0.6 is 22.7 Å². The van der Waals surface area contributed by atoms with Crippen molar-refractivity contribution in [2.75, 3.05) is 24.5 Å². The zero-order chi connectivity index (χ0) is 69.5. The second kappa shape index (κ2) is 24.3. The number of anilines is 15. The molecule has 6 nitrogen and oxygen atoms in total. The Morgan fingerprint density at radius 2 is 0.679 bits per heavy atom. The van der Waals surface area contributed by atoms with E-state index in [0.717, 1.165) is 130 Å². The molecule has 0 unspecified atom stereocenters. The lowest BCUT2D eigenvalue weighted by Crippen LogP contribution is -2.64. The molecule has 0 saturated heterocycles. The first-order valence-electron chi connectivity index (χ1n) is 36.3. The highest BCUT2D eigenvalue weighted by Crippen LogP contribution is 2.56. The van der Waals surface area contributed by atoms with E-state index < -0.39 is 0 Å². The Hall–Kier alpha value is -13.1. The molecule has 0 atom stereocenters. The van der Waals surface area contributed by atoms with E-state index in [1.807, 2.05) is 22.7 Å². The molecule has 16 aromatic carbocycles. The molecule has 4 aliphatic rings. The molecule has 106 heavy (non-hydrogen) atoms. The Morgan fingerprint density at radius 1 is 0.264 bits per heavy atom. The molecule has 10 heteroatoms. The number of hydrogen-bond donors (Lipinski definition) is 0. The van der Waals surface area contributed by atoms with Gasteiger partial charge in [-0.25, -0.2) is 0 Å².